The van der Waals surface area contributed by atoms with Gasteiger partial charge in [-0.05, 0) is 12.1 Å². The predicted octanol–water partition coefficient (Wildman–Crippen LogP) is 0.992. The number of anilines is 1. The predicted molar refractivity (Wildman–Crippen MR) is 54.4 cm³/mol. The minimum atomic E-state index is 0.238. The Morgan fingerprint density at radius 2 is 2.20 bits per heavy atom. The molecule has 1 aromatic heterocycles. The van der Waals surface area contributed by atoms with E-state index in [-0.39, 0.29) is 5.69 Å². The van der Waals surface area contributed by atoms with E-state index < -0.39 is 0 Å². The molecule has 72 valence electrons. The van der Waals surface area contributed by atoms with Crippen LogP contribution in [0.4, 0.5) is 5.69 Å². The van der Waals surface area contributed by atoms with Crippen LogP contribution in [0.25, 0.3) is 11.4 Å². The first-order valence-corrected chi connectivity index (χ1v) is 4.25. The number of aromatic nitrogens is 3. The largest absolute Gasteiger partial charge is 0.399 e. The Labute approximate surface area is 86.2 Å². The van der Waals surface area contributed by atoms with Crippen molar-refractivity contribution in [1.29, 1.82) is 5.26 Å². The third kappa shape index (κ3) is 1.89. The van der Waals surface area contributed by atoms with E-state index in [1.165, 1.54) is 6.20 Å². The highest BCUT2D eigenvalue weighted by molar-refractivity contribution is 5.60. The summed E-state index contributed by atoms with van der Waals surface area (Å²) in [4.78, 5) is 4.01. The third-order valence-corrected chi connectivity index (χ3v) is 1.82. The molecular weight excluding hydrogens is 190 g/mol. The van der Waals surface area contributed by atoms with Gasteiger partial charge in [-0.25, -0.2) is 4.98 Å². The second-order valence-corrected chi connectivity index (χ2v) is 2.90. The second kappa shape index (κ2) is 3.72. The summed E-state index contributed by atoms with van der Waals surface area (Å²) >= 11 is 0. The Hall–Kier alpha value is -2.48. The van der Waals surface area contributed by atoms with Gasteiger partial charge in [0.2, 0.25) is 0 Å². The minimum Gasteiger partial charge on any atom is -0.399 e. The summed E-state index contributed by atoms with van der Waals surface area (Å²) in [5.41, 5.74) is 7.24. The maximum atomic E-state index is 8.66. The summed E-state index contributed by atoms with van der Waals surface area (Å²) in [5.74, 6) is 0.404. The number of nitriles is 1. The number of nitrogens with two attached hydrogens (primary N) is 1. The highest BCUT2D eigenvalue weighted by Crippen LogP contribution is 2.16. The molecule has 0 bridgehead atoms. The molecular formula is C10H7N5. The molecule has 0 atom stereocenters. The van der Waals surface area contributed by atoms with Crippen LogP contribution in [0.5, 0.6) is 0 Å². The summed E-state index contributed by atoms with van der Waals surface area (Å²) in [6, 6.07) is 9.02. The number of nitrogens with zero attached hydrogens (tertiary/aromatic N) is 4. The maximum absolute atomic E-state index is 8.66. The van der Waals surface area contributed by atoms with Crippen LogP contribution >= 0.6 is 0 Å². The zero-order chi connectivity index (χ0) is 10.7. The van der Waals surface area contributed by atoms with E-state index in [2.05, 4.69) is 15.2 Å². The first-order chi connectivity index (χ1) is 7.29. The van der Waals surface area contributed by atoms with Crippen molar-refractivity contribution in [3.63, 3.8) is 0 Å². The van der Waals surface area contributed by atoms with Gasteiger partial charge in [0, 0.05) is 11.3 Å². The molecule has 2 rings (SSSR count). The number of rotatable bonds is 1. The summed E-state index contributed by atoms with van der Waals surface area (Å²) in [7, 11) is 0. The van der Waals surface area contributed by atoms with Gasteiger partial charge in [0.05, 0.1) is 6.20 Å². The van der Waals surface area contributed by atoms with Crippen molar-refractivity contribution >= 4 is 5.69 Å². The normalized spacial score (nSPS) is 9.53. The van der Waals surface area contributed by atoms with Gasteiger partial charge in [-0.15, -0.1) is 5.10 Å². The Morgan fingerprint density at radius 1 is 1.33 bits per heavy atom. The van der Waals surface area contributed by atoms with E-state index in [1.54, 1.807) is 18.2 Å². The SMILES string of the molecule is N#Cc1cnnc(-c2cccc(N)c2)n1. The fourth-order valence-corrected chi connectivity index (χ4v) is 1.16. The van der Waals surface area contributed by atoms with Gasteiger partial charge in [-0.1, -0.05) is 12.1 Å². The van der Waals surface area contributed by atoms with Crippen LogP contribution in [0, 0.1) is 11.3 Å². The van der Waals surface area contributed by atoms with E-state index in [1.807, 2.05) is 12.1 Å². The van der Waals surface area contributed by atoms with Crippen molar-refractivity contribution in [2.45, 2.75) is 0 Å². The molecule has 0 saturated carbocycles. The van der Waals surface area contributed by atoms with Crippen LogP contribution in [-0.2, 0) is 0 Å². The maximum Gasteiger partial charge on any atom is 0.183 e. The molecule has 0 aliphatic rings. The molecule has 1 aromatic carbocycles. The average Bonchev–Trinajstić information content (AvgIpc) is 2.29. The molecule has 2 aromatic rings. The smallest absolute Gasteiger partial charge is 0.183 e. The van der Waals surface area contributed by atoms with Crippen molar-refractivity contribution in [1.82, 2.24) is 15.2 Å². The lowest BCUT2D eigenvalue weighted by Crippen LogP contribution is -1.95. The number of hydrogen-bond donors (Lipinski definition) is 1. The zero-order valence-corrected chi connectivity index (χ0v) is 7.75. The van der Waals surface area contributed by atoms with Gasteiger partial charge < -0.3 is 5.73 Å². The molecule has 0 aliphatic heterocycles. The number of hydrogen-bond acceptors (Lipinski definition) is 5. The average molecular weight is 197 g/mol. The lowest BCUT2D eigenvalue weighted by molar-refractivity contribution is 0.968. The molecule has 0 aliphatic carbocycles. The van der Waals surface area contributed by atoms with Crippen LogP contribution in [0.3, 0.4) is 0 Å². The van der Waals surface area contributed by atoms with Crippen molar-refractivity contribution in [2.75, 3.05) is 5.73 Å². The molecule has 0 radical (unpaired) electrons. The van der Waals surface area contributed by atoms with Crippen LogP contribution in [0.1, 0.15) is 5.69 Å². The molecule has 0 spiro atoms. The molecule has 1 heterocycles. The number of benzene rings is 1. The first-order valence-electron chi connectivity index (χ1n) is 4.25. The van der Waals surface area contributed by atoms with Crippen molar-refractivity contribution in [3.05, 3.63) is 36.2 Å². The third-order valence-electron chi connectivity index (χ3n) is 1.82. The molecule has 0 saturated heterocycles. The van der Waals surface area contributed by atoms with E-state index in [0.717, 1.165) is 5.56 Å². The fourth-order valence-electron chi connectivity index (χ4n) is 1.16. The Balaban J connectivity index is 2.50. The molecule has 5 heteroatoms. The van der Waals surface area contributed by atoms with E-state index in [9.17, 15) is 0 Å². The standard InChI is InChI=1S/C10H7N5/c11-5-9-6-13-15-10(14-9)7-2-1-3-8(12)4-7/h1-4,6H,12H2. The molecule has 2 N–H and O–H groups in total. The molecule has 0 fully saturated rings. The fraction of sp³-hybridized carbons (Fsp3) is 0. The molecule has 5 nitrogen and oxygen atoms in total. The van der Waals surface area contributed by atoms with Crippen LogP contribution in [0.2, 0.25) is 0 Å². The van der Waals surface area contributed by atoms with E-state index in [0.29, 0.717) is 11.5 Å². The summed E-state index contributed by atoms with van der Waals surface area (Å²) in [6.45, 7) is 0. The first kappa shape index (κ1) is 9.09. The van der Waals surface area contributed by atoms with Gasteiger partial charge in [-0.3, -0.25) is 0 Å². The van der Waals surface area contributed by atoms with Gasteiger partial charge in [0.15, 0.2) is 11.5 Å². The van der Waals surface area contributed by atoms with Crippen LogP contribution in [-0.4, -0.2) is 15.2 Å². The molecule has 0 unspecified atom stereocenters. The summed E-state index contributed by atoms with van der Waals surface area (Å²) in [6.07, 6.45) is 1.32. The van der Waals surface area contributed by atoms with Crippen molar-refractivity contribution < 1.29 is 0 Å². The van der Waals surface area contributed by atoms with Crippen LogP contribution in [0.15, 0.2) is 30.5 Å². The van der Waals surface area contributed by atoms with Crippen LogP contribution < -0.4 is 5.73 Å². The highest BCUT2D eigenvalue weighted by Gasteiger charge is 2.03. The number of nitrogen functional groups attached to an aromatic ring is 1. The van der Waals surface area contributed by atoms with Crippen molar-refractivity contribution in [3.8, 4) is 17.5 Å². The second-order valence-electron chi connectivity index (χ2n) is 2.90. The zero-order valence-electron chi connectivity index (χ0n) is 7.75. The quantitative estimate of drug-likeness (QED) is 0.688. The lowest BCUT2D eigenvalue weighted by atomic mass is 10.2. The van der Waals surface area contributed by atoms with Gasteiger partial charge in [0.1, 0.15) is 6.07 Å². The molecule has 15 heavy (non-hydrogen) atoms. The van der Waals surface area contributed by atoms with E-state index >= 15 is 0 Å². The Bertz CT molecular complexity index is 529. The Kier molecular flexibility index (Phi) is 2.25. The van der Waals surface area contributed by atoms with Gasteiger partial charge in [-0.2, -0.15) is 10.4 Å². The lowest BCUT2D eigenvalue weighted by Gasteiger charge is -1.99. The summed E-state index contributed by atoms with van der Waals surface area (Å²) in [5, 5.41) is 16.2. The van der Waals surface area contributed by atoms with Gasteiger partial charge in [0.25, 0.3) is 0 Å². The highest BCUT2D eigenvalue weighted by atomic mass is 15.1. The monoisotopic (exact) mass is 197 g/mol. The molecule has 0 amide bonds. The minimum absolute atomic E-state index is 0.238. The van der Waals surface area contributed by atoms with Gasteiger partial charge >= 0.3 is 0 Å². The topological polar surface area (TPSA) is 88.5 Å². The summed E-state index contributed by atoms with van der Waals surface area (Å²) < 4.78 is 0. The van der Waals surface area contributed by atoms with Crippen molar-refractivity contribution in [2.24, 2.45) is 0 Å². The van der Waals surface area contributed by atoms with E-state index in [4.69, 9.17) is 11.0 Å². The Morgan fingerprint density at radius 3 is 2.93 bits per heavy atom.